The molecule has 5 heteroatoms. The summed E-state index contributed by atoms with van der Waals surface area (Å²) in [4.78, 5) is 16.4. The van der Waals surface area contributed by atoms with Crippen LogP contribution in [0.1, 0.15) is 15.9 Å². The van der Waals surface area contributed by atoms with E-state index in [9.17, 15) is 4.79 Å². The Balaban J connectivity index is 2.44. The van der Waals surface area contributed by atoms with Gasteiger partial charge in [0, 0.05) is 11.8 Å². The maximum atomic E-state index is 12.4. The van der Waals surface area contributed by atoms with E-state index >= 15 is 0 Å². The molecule has 2 aromatic rings. The van der Waals surface area contributed by atoms with Gasteiger partial charge in [-0.2, -0.15) is 0 Å². The molecule has 1 aromatic carbocycles. The normalized spacial score (nSPS) is 10.1. The minimum Gasteiger partial charge on any atom is -0.495 e. The molecule has 4 nitrogen and oxygen atoms in total. The number of ketones is 1. The fourth-order valence-electron chi connectivity index (χ4n) is 1.68. The van der Waals surface area contributed by atoms with E-state index in [0.717, 1.165) is 0 Å². The first-order valence-electron chi connectivity index (χ1n) is 5.54. The topological polar surface area (TPSA) is 48.4 Å². The van der Waals surface area contributed by atoms with Gasteiger partial charge >= 0.3 is 0 Å². The van der Waals surface area contributed by atoms with Gasteiger partial charge in [-0.25, -0.2) is 4.98 Å². The van der Waals surface area contributed by atoms with Crippen LogP contribution in [0.2, 0.25) is 5.02 Å². The zero-order valence-corrected chi connectivity index (χ0v) is 11.3. The van der Waals surface area contributed by atoms with Gasteiger partial charge in [-0.05, 0) is 30.3 Å². The zero-order chi connectivity index (χ0) is 13.8. The minimum atomic E-state index is -0.195. The Morgan fingerprint density at radius 1 is 1.21 bits per heavy atom. The summed E-state index contributed by atoms with van der Waals surface area (Å²) in [5.74, 6) is 0.553. The van der Waals surface area contributed by atoms with Crippen molar-refractivity contribution in [2.75, 3.05) is 14.2 Å². The van der Waals surface area contributed by atoms with Crippen LogP contribution in [0.5, 0.6) is 11.6 Å². The smallest absolute Gasteiger partial charge is 0.224 e. The van der Waals surface area contributed by atoms with E-state index < -0.39 is 0 Å². The summed E-state index contributed by atoms with van der Waals surface area (Å²) in [7, 11) is 2.97. The molecule has 0 atom stereocenters. The Morgan fingerprint density at radius 3 is 2.68 bits per heavy atom. The SMILES string of the molecule is COc1cc(C(=O)c2cccnc2OC)ccc1Cl. The molecule has 0 saturated carbocycles. The Labute approximate surface area is 115 Å². The number of carbonyl (C=O) groups excluding carboxylic acids is 1. The highest BCUT2D eigenvalue weighted by molar-refractivity contribution is 6.32. The van der Waals surface area contributed by atoms with Crippen molar-refractivity contribution in [1.29, 1.82) is 0 Å². The van der Waals surface area contributed by atoms with Crippen molar-refractivity contribution in [3.63, 3.8) is 0 Å². The molecule has 0 amide bonds. The van der Waals surface area contributed by atoms with Crippen molar-refractivity contribution < 1.29 is 14.3 Å². The standard InChI is InChI=1S/C14H12ClNO3/c1-18-12-8-9(5-6-11(12)15)13(17)10-4-3-7-16-14(10)19-2/h3-8H,1-2H3. The van der Waals surface area contributed by atoms with Crippen molar-refractivity contribution in [3.05, 3.63) is 52.7 Å². The van der Waals surface area contributed by atoms with E-state index in [4.69, 9.17) is 21.1 Å². The maximum Gasteiger partial charge on any atom is 0.224 e. The zero-order valence-electron chi connectivity index (χ0n) is 10.5. The Hall–Kier alpha value is -2.07. The lowest BCUT2D eigenvalue weighted by atomic mass is 10.0. The number of benzene rings is 1. The minimum absolute atomic E-state index is 0.195. The number of aromatic nitrogens is 1. The number of halogens is 1. The second-order valence-corrected chi connectivity index (χ2v) is 4.15. The summed E-state index contributed by atoms with van der Waals surface area (Å²) in [5.41, 5.74) is 0.863. The number of carbonyl (C=O) groups is 1. The number of rotatable bonds is 4. The molecule has 0 aliphatic rings. The van der Waals surface area contributed by atoms with Crippen LogP contribution in [0.15, 0.2) is 36.5 Å². The first-order chi connectivity index (χ1) is 9.17. The van der Waals surface area contributed by atoms with E-state index in [0.29, 0.717) is 27.8 Å². The number of methoxy groups -OCH3 is 2. The number of nitrogens with zero attached hydrogens (tertiary/aromatic N) is 1. The summed E-state index contributed by atoms with van der Waals surface area (Å²) < 4.78 is 10.2. The quantitative estimate of drug-likeness (QED) is 0.806. The number of pyridine rings is 1. The van der Waals surface area contributed by atoms with Crippen LogP contribution in [0.3, 0.4) is 0 Å². The fraction of sp³-hybridized carbons (Fsp3) is 0.143. The summed E-state index contributed by atoms with van der Waals surface area (Å²) in [6, 6.07) is 8.20. The van der Waals surface area contributed by atoms with Crippen LogP contribution in [-0.2, 0) is 0 Å². The average Bonchev–Trinajstić information content (AvgIpc) is 2.47. The largest absolute Gasteiger partial charge is 0.495 e. The van der Waals surface area contributed by atoms with Gasteiger partial charge in [-0.1, -0.05) is 11.6 Å². The molecule has 2 rings (SSSR count). The molecule has 0 N–H and O–H groups in total. The molecule has 19 heavy (non-hydrogen) atoms. The lowest BCUT2D eigenvalue weighted by Crippen LogP contribution is -2.05. The van der Waals surface area contributed by atoms with E-state index in [1.807, 2.05) is 0 Å². The van der Waals surface area contributed by atoms with Gasteiger partial charge in [0.2, 0.25) is 5.88 Å². The number of hydrogen-bond acceptors (Lipinski definition) is 4. The third-order valence-electron chi connectivity index (χ3n) is 2.62. The summed E-state index contributed by atoms with van der Waals surface area (Å²) in [5, 5.41) is 0.456. The maximum absolute atomic E-state index is 12.4. The molecule has 1 heterocycles. The highest BCUT2D eigenvalue weighted by Gasteiger charge is 2.16. The molecule has 1 aromatic heterocycles. The van der Waals surface area contributed by atoms with Crippen LogP contribution in [0.4, 0.5) is 0 Å². The Bertz CT molecular complexity index is 613. The van der Waals surface area contributed by atoms with Gasteiger partial charge in [0.05, 0.1) is 24.8 Å². The summed E-state index contributed by atoms with van der Waals surface area (Å²) in [6.45, 7) is 0. The molecule has 0 unspecified atom stereocenters. The van der Waals surface area contributed by atoms with E-state index in [1.54, 1.807) is 36.5 Å². The van der Waals surface area contributed by atoms with Crippen molar-refractivity contribution in [1.82, 2.24) is 4.98 Å². The van der Waals surface area contributed by atoms with Crippen LogP contribution in [0, 0.1) is 0 Å². The van der Waals surface area contributed by atoms with Gasteiger partial charge < -0.3 is 9.47 Å². The Morgan fingerprint density at radius 2 is 2.00 bits per heavy atom. The third-order valence-corrected chi connectivity index (χ3v) is 2.93. The lowest BCUT2D eigenvalue weighted by Gasteiger charge is -2.08. The fourth-order valence-corrected chi connectivity index (χ4v) is 1.88. The molecule has 0 aliphatic carbocycles. The second kappa shape index (κ2) is 5.71. The van der Waals surface area contributed by atoms with Crippen LogP contribution >= 0.6 is 11.6 Å². The predicted octanol–water partition coefficient (Wildman–Crippen LogP) is 2.98. The van der Waals surface area contributed by atoms with Gasteiger partial charge in [-0.15, -0.1) is 0 Å². The summed E-state index contributed by atoms with van der Waals surface area (Å²) in [6.07, 6.45) is 1.57. The van der Waals surface area contributed by atoms with Gasteiger partial charge in [0.15, 0.2) is 5.78 Å². The summed E-state index contributed by atoms with van der Waals surface area (Å²) >= 11 is 5.93. The monoisotopic (exact) mass is 277 g/mol. The number of hydrogen-bond donors (Lipinski definition) is 0. The van der Waals surface area contributed by atoms with Crippen molar-refractivity contribution >= 4 is 17.4 Å². The molecular weight excluding hydrogens is 266 g/mol. The van der Waals surface area contributed by atoms with Crippen LogP contribution in [0.25, 0.3) is 0 Å². The first-order valence-corrected chi connectivity index (χ1v) is 5.92. The molecular formula is C14H12ClNO3. The predicted molar refractivity (Wildman–Crippen MR) is 72.2 cm³/mol. The van der Waals surface area contributed by atoms with Gasteiger partial charge in [0.25, 0.3) is 0 Å². The lowest BCUT2D eigenvalue weighted by molar-refractivity contribution is 0.103. The average molecular weight is 278 g/mol. The second-order valence-electron chi connectivity index (χ2n) is 3.74. The molecule has 0 aliphatic heterocycles. The van der Waals surface area contributed by atoms with Gasteiger partial charge in [0.1, 0.15) is 5.75 Å². The first kappa shape index (κ1) is 13.4. The molecule has 0 fully saturated rings. The molecule has 0 radical (unpaired) electrons. The van der Waals surface area contributed by atoms with Crippen LogP contribution in [-0.4, -0.2) is 25.0 Å². The molecule has 0 bridgehead atoms. The molecule has 98 valence electrons. The van der Waals surface area contributed by atoms with Crippen LogP contribution < -0.4 is 9.47 Å². The van der Waals surface area contributed by atoms with E-state index in [1.165, 1.54) is 14.2 Å². The van der Waals surface area contributed by atoms with E-state index in [-0.39, 0.29) is 5.78 Å². The van der Waals surface area contributed by atoms with E-state index in [2.05, 4.69) is 4.98 Å². The van der Waals surface area contributed by atoms with Crippen molar-refractivity contribution in [2.45, 2.75) is 0 Å². The third kappa shape index (κ3) is 2.69. The highest BCUT2D eigenvalue weighted by atomic mass is 35.5. The molecule has 0 saturated heterocycles. The Kier molecular flexibility index (Phi) is 4.02. The van der Waals surface area contributed by atoms with Crippen molar-refractivity contribution in [3.8, 4) is 11.6 Å². The molecule has 0 spiro atoms. The van der Waals surface area contributed by atoms with Crippen molar-refractivity contribution in [2.24, 2.45) is 0 Å². The highest BCUT2D eigenvalue weighted by Crippen LogP contribution is 2.27. The number of ether oxygens (including phenoxy) is 2. The van der Waals surface area contributed by atoms with Gasteiger partial charge in [-0.3, -0.25) is 4.79 Å².